The molecule has 0 bridgehead atoms. The van der Waals surface area contributed by atoms with Gasteiger partial charge in [-0.05, 0) is 49.6 Å². The van der Waals surface area contributed by atoms with E-state index in [9.17, 15) is 9.90 Å². The lowest BCUT2D eigenvalue weighted by molar-refractivity contribution is 0.252. The lowest BCUT2D eigenvalue weighted by atomic mass is 10.1. The van der Waals surface area contributed by atoms with Crippen molar-refractivity contribution < 1.29 is 9.52 Å². The van der Waals surface area contributed by atoms with Crippen LogP contribution in [0.4, 0.5) is 5.69 Å². The van der Waals surface area contributed by atoms with Crippen LogP contribution in [0, 0.1) is 0 Å². The van der Waals surface area contributed by atoms with Crippen molar-refractivity contribution in [2.24, 2.45) is 0 Å². The van der Waals surface area contributed by atoms with E-state index < -0.39 is 5.63 Å². The van der Waals surface area contributed by atoms with Gasteiger partial charge in [-0.3, -0.25) is 4.90 Å². The monoisotopic (exact) mass is 417 g/mol. The van der Waals surface area contributed by atoms with Crippen molar-refractivity contribution in [2.45, 2.75) is 19.3 Å². The molecule has 3 heterocycles. The Hall–Kier alpha value is -3.25. The molecule has 0 aliphatic carbocycles. The van der Waals surface area contributed by atoms with Crippen molar-refractivity contribution in [1.29, 1.82) is 0 Å². The van der Waals surface area contributed by atoms with Crippen LogP contribution in [0.3, 0.4) is 0 Å². The summed E-state index contributed by atoms with van der Waals surface area (Å²) in [5.41, 5.74) is 3.44. The molecule has 0 saturated carbocycles. The third kappa shape index (κ3) is 4.16. The fraction of sp³-hybridized carbons (Fsp3) is 0.320. The molecule has 6 heteroatoms. The van der Waals surface area contributed by atoms with E-state index >= 15 is 0 Å². The van der Waals surface area contributed by atoms with Crippen molar-refractivity contribution >= 4 is 27.6 Å². The molecule has 4 aromatic rings. The molecule has 1 fully saturated rings. The second-order valence-corrected chi connectivity index (χ2v) is 8.28. The summed E-state index contributed by atoms with van der Waals surface area (Å²) >= 11 is 0. The Morgan fingerprint density at radius 2 is 1.84 bits per heavy atom. The molecule has 31 heavy (non-hydrogen) atoms. The van der Waals surface area contributed by atoms with Gasteiger partial charge in [0, 0.05) is 60.8 Å². The topological polar surface area (TPSA) is 72.7 Å². The van der Waals surface area contributed by atoms with Gasteiger partial charge in [-0.2, -0.15) is 0 Å². The van der Waals surface area contributed by atoms with Gasteiger partial charge in [0.2, 0.25) is 0 Å². The molecular formula is C25H27N3O3. The molecular weight excluding hydrogens is 390 g/mol. The quantitative estimate of drug-likeness (QED) is 0.365. The summed E-state index contributed by atoms with van der Waals surface area (Å²) in [7, 11) is 0. The van der Waals surface area contributed by atoms with Crippen LogP contribution >= 0.6 is 0 Å². The maximum atomic E-state index is 11.4. The van der Waals surface area contributed by atoms with Gasteiger partial charge in [0.1, 0.15) is 11.3 Å². The largest absolute Gasteiger partial charge is 0.506 e. The second-order valence-electron chi connectivity index (χ2n) is 8.28. The van der Waals surface area contributed by atoms with Crippen molar-refractivity contribution in [2.75, 3.05) is 37.6 Å². The summed E-state index contributed by atoms with van der Waals surface area (Å²) < 4.78 is 5.16. The average Bonchev–Trinajstić information content (AvgIpc) is 3.20. The maximum Gasteiger partial charge on any atom is 0.336 e. The number of nitrogens with zero attached hydrogens (tertiary/aromatic N) is 2. The summed E-state index contributed by atoms with van der Waals surface area (Å²) in [4.78, 5) is 19.5. The number of hydrogen-bond donors (Lipinski definition) is 2. The lowest BCUT2D eigenvalue weighted by Crippen LogP contribution is -2.46. The van der Waals surface area contributed by atoms with Gasteiger partial charge in [0.25, 0.3) is 0 Å². The minimum Gasteiger partial charge on any atom is -0.506 e. The van der Waals surface area contributed by atoms with Crippen molar-refractivity contribution in [3.63, 3.8) is 0 Å². The van der Waals surface area contributed by atoms with Crippen molar-refractivity contribution in [3.8, 4) is 5.75 Å². The predicted octanol–water partition coefficient (Wildman–Crippen LogP) is 4.12. The minimum atomic E-state index is -0.405. The fourth-order valence-corrected chi connectivity index (χ4v) is 4.55. The number of aromatic nitrogens is 1. The summed E-state index contributed by atoms with van der Waals surface area (Å²) in [6, 6.07) is 15.1. The molecule has 0 unspecified atom stereocenters. The third-order valence-corrected chi connectivity index (χ3v) is 6.27. The predicted molar refractivity (Wildman–Crippen MR) is 124 cm³/mol. The number of aromatic amines is 1. The number of H-pyrrole nitrogens is 1. The normalized spacial score (nSPS) is 15.2. The van der Waals surface area contributed by atoms with Gasteiger partial charge in [0.15, 0.2) is 0 Å². The minimum absolute atomic E-state index is 0.161. The van der Waals surface area contributed by atoms with Gasteiger partial charge in [-0.1, -0.05) is 18.2 Å². The number of nitrogens with one attached hydrogen (secondary N) is 1. The fourth-order valence-electron chi connectivity index (χ4n) is 4.55. The number of piperazine rings is 1. The van der Waals surface area contributed by atoms with E-state index in [4.69, 9.17) is 4.42 Å². The maximum absolute atomic E-state index is 11.4. The molecule has 2 aromatic carbocycles. The number of anilines is 1. The van der Waals surface area contributed by atoms with Crippen LogP contribution in [0.5, 0.6) is 5.75 Å². The molecule has 1 aliphatic heterocycles. The number of aryl methyl sites for hydroxylation is 1. The van der Waals surface area contributed by atoms with Crippen LogP contribution in [-0.2, 0) is 6.42 Å². The molecule has 2 N–H and O–H groups in total. The Morgan fingerprint density at radius 3 is 2.71 bits per heavy atom. The lowest BCUT2D eigenvalue weighted by Gasteiger charge is -2.36. The SMILES string of the molecule is O=c1ccc2cc(N3CCN(CCCCc4c[nH]c5ccccc45)CC3)c(O)cc2o1. The Bertz CT molecular complexity index is 1250. The Labute approximate surface area is 180 Å². The number of aromatic hydroxyl groups is 1. The summed E-state index contributed by atoms with van der Waals surface area (Å²) in [5, 5.41) is 12.6. The number of unbranched alkanes of at least 4 members (excludes halogenated alkanes) is 1. The van der Waals surface area contributed by atoms with Crippen molar-refractivity contribution in [1.82, 2.24) is 9.88 Å². The molecule has 6 nitrogen and oxygen atoms in total. The smallest absolute Gasteiger partial charge is 0.336 e. The number of phenols is 1. The molecule has 2 aromatic heterocycles. The van der Waals surface area contributed by atoms with E-state index in [-0.39, 0.29) is 5.75 Å². The number of fused-ring (bicyclic) bond motifs is 2. The highest BCUT2D eigenvalue weighted by Crippen LogP contribution is 2.32. The highest BCUT2D eigenvalue weighted by molar-refractivity contribution is 5.84. The van der Waals surface area contributed by atoms with Gasteiger partial charge < -0.3 is 19.4 Å². The van der Waals surface area contributed by atoms with Crippen LogP contribution < -0.4 is 10.5 Å². The van der Waals surface area contributed by atoms with Crippen LogP contribution in [0.15, 0.2) is 63.9 Å². The molecule has 1 aliphatic rings. The van der Waals surface area contributed by atoms with Crippen LogP contribution in [-0.4, -0.2) is 47.7 Å². The van der Waals surface area contributed by atoms with Gasteiger partial charge in [0.05, 0.1) is 5.69 Å². The molecule has 0 spiro atoms. The van der Waals surface area contributed by atoms with E-state index in [2.05, 4.69) is 45.2 Å². The second kappa shape index (κ2) is 8.47. The Balaban J connectivity index is 1.13. The van der Waals surface area contributed by atoms with E-state index in [0.717, 1.165) is 50.2 Å². The highest BCUT2D eigenvalue weighted by Gasteiger charge is 2.20. The number of hydrogen-bond acceptors (Lipinski definition) is 5. The zero-order valence-corrected chi connectivity index (χ0v) is 17.5. The molecule has 5 rings (SSSR count). The van der Waals surface area contributed by atoms with E-state index in [1.807, 2.05) is 6.07 Å². The molecule has 0 amide bonds. The first-order valence-corrected chi connectivity index (χ1v) is 11.0. The zero-order chi connectivity index (χ0) is 21.2. The molecule has 0 radical (unpaired) electrons. The first-order valence-electron chi connectivity index (χ1n) is 11.0. The zero-order valence-electron chi connectivity index (χ0n) is 17.5. The summed E-state index contributed by atoms with van der Waals surface area (Å²) in [6.07, 6.45) is 5.61. The summed E-state index contributed by atoms with van der Waals surface area (Å²) in [6.45, 7) is 4.81. The number of benzene rings is 2. The number of para-hydroxylation sites is 1. The van der Waals surface area contributed by atoms with Crippen LogP contribution in [0.1, 0.15) is 18.4 Å². The summed E-state index contributed by atoms with van der Waals surface area (Å²) in [5.74, 6) is 0.161. The number of phenolic OH excluding ortho intramolecular Hbond substituents is 1. The van der Waals surface area contributed by atoms with Crippen LogP contribution in [0.2, 0.25) is 0 Å². The molecule has 0 atom stereocenters. The molecule has 160 valence electrons. The van der Waals surface area contributed by atoms with Gasteiger partial charge in [-0.25, -0.2) is 4.79 Å². The average molecular weight is 418 g/mol. The Morgan fingerprint density at radius 1 is 1.00 bits per heavy atom. The Kier molecular flexibility index (Phi) is 5.38. The van der Waals surface area contributed by atoms with E-state index in [0.29, 0.717) is 5.58 Å². The third-order valence-electron chi connectivity index (χ3n) is 6.27. The standard InChI is InChI=1S/C25H27N3O3/c29-23-16-24-18(8-9-25(30)31-24)15-22(23)28-13-11-27(12-14-28)10-4-3-5-19-17-26-21-7-2-1-6-20(19)21/h1-2,6-9,15-17,26,29H,3-5,10-14H2. The van der Waals surface area contributed by atoms with Gasteiger partial charge >= 0.3 is 5.63 Å². The molecule has 1 saturated heterocycles. The highest BCUT2D eigenvalue weighted by atomic mass is 16.4. The number of rotatable bonds is 6. The van der Waals surface area contributed by atoms with Gasteiger partial charge in [-0.15, -0.1) is 0 Å². The van der Waals surface area contributed by atoms with Crippen molar-refractivity contribution in [3.05, 3.63) is 70.7 Å². The van der Waals surface area contributed by atoms with E-state index in [1.165, 1.54) is 35.4 Å². The first kappa shape index (κ1) is 19.7. The van der Waals surface area contributed by atoms with E-state index in [1.54, 1.807) is 12.1 Å². The first-order chi connectivity index (χ1) is 15.2. The van der Waals surface area contributed by atoms with Crippen LogP contribution in [0.25, 0.3) is 21.9 Å².